The van der Waals surface area contributed by atoms with Crippen molar-refractivity contribution >= 4 is 15.9 Å². The average Bonchev–Trinajstić information content (AvgIpc) is 2.96. The highest BCUT2D eigenvalue weighted by Gasteiger charge is 2.30. The Balaban J connectivity index is 1.62. The van der Waals surface area contributed by atoms with E-state index in [1.165, 1.54) is 4.31 Å². The van der Waals surface area contributed by atoms with Crippen LogP contribution in [0.3, 0.4) is 0 Å². The highest BCUT2D eigenvalue weighted by Crippen LogP contribution is 2.22. The zero-order chi connectivity index (χ0) is 20.5. The second kappa shape index (κ2) is 8.09. The molecule has 2 aromatic rings. The predicted octanol–water partition coefficient (Wildman–Crippen LogP) is 3.02. The van der Waals surface area contributed by atoms with Crippen molar-refractivity contribution in [2.45, 2.75) is 58.0 Å². The summed E-state index contributed by atoms with van der Waals surface area (Å²) in [5.74, 6) is -0.0763. The minimum Gasteiger partial charge on any atom is -0.349 e. The van der Waals surface area contributed by atoms with Crippen LogP contribution in [0.25, 0.3) is 0 Å². The van der Waals surface area contributed by atoms with E-state index in [0.29, 0.717) is 36.4 Å². The molecule has 1 N–H and O–H groups in total. The molecule has 0 saturated carbocycles. The minimum absolute atomic E-state index is 0.0124. The summed E-state index contributed by atoms with van der Waals surface area (Å²) in [6.45, 7) is 9.61. The molecule has 1 aromatic carbocycles. The number of rotatable bonds is 5. The van der Waals surface area contributed by atoms with Crippen LogP contribution >= 0.6 is 0 Å². The second-order valence-electron chi connectivity index (χ2n) is 7.49. The SMILES string of the molecule is CCn1c(C)cc(C(=O)NC2CCN(S(=O)(=O)c3ccc(C)cc3)CC2)c1C. The summed E-state index contributed by atoms with van der Waals surface area (Å²) in [6, 6.07) is 8.84. The molecule has 1 saturated heterocycles. The molecule has 0 bridgehead atoms. The Morgan fingerprint density at radius 3 is 2.25 bits per heavy atom. The van der Waals surface area contributed by atoms with Crippen molar-refractivity contribution in [3.8, 4) is 0 Å². The molecule has 0 radical (unpaired) electrons. The van der Waals surface area contributed by atoms with Gasteiger partial charge in [0.05, 0.1) is 10.5 Å². The van der Waals surface area contributed by atoms with Crippen LogP contribution in [0.1, 0.15) is 47.1 Å². The Kier molecular flexibility index (Phi) is 5.95. The quantitative estimate of drug-likeness (QED) is 0.834. The van der Waals surface area contributed by atoms with Gasteiger partial charge in [-0.3, -0.25) is 4.79 Å². The molecule has 6 nitrogen and oxygen atoms in total. The van der Waals surface area contributed by atoms with Crippen LogP contribution in [0.4, 0.5) is 0 Å². The van der Waals surface area contributed by atoms with Crippen LogP contribution in [0.15, 0.2) is 35.2 Å². The van der Waals surface area contributed by atoms with E-state index in [-0.39, 0.29) is 11.9 Å². The van der Waals surface area contributed by atoms with Crippen LogP contribution in [-0.4, -0.2) is 42.3 Å². The summed E-state index contributed by atoms with van der Waals surface area (Å²) in [5.41, 5.74) is 3.78. The van der Waals surface area contributed by atoms with Gasteiger partial charge >= 0.3 is 0 Å². The fraction of sp³-hybridized carbons (Fsp3) is 0.476. The van der Waals surface area contributed by atoms with Crippen LogP contribution in [0.5, 0.6) is 0 Å². The number of nitrogens with one attached hydrogen (secondary N) is 1. The first-order valence-electron chi connectivity index (χ1n) is 9.78. The maximum Gasteiger partial charge on any atom is 0.253 e. The van der Waals surface area contributed by atoms with Gasteiger partial charge in [-0.25, -0.2) is 8.42 Å². The van der Waals surface area contributed by atoms with Crippen molar-refractivity contribution in [2.24, 2.45) is 0 Å². The van der Waals surface area contributed by atoms with Gasteiger partial charge in [-0.2, -0.15) is 4.31 Å². The maximum atomic E-state index is 12.8. The molecule has 28 heavy (non-hydrogen) atoms. The fourth-order valence-corrected chi connectivity index (χ4v) is 5.35. The topological polar surface area (TPSA) is 71.4 Å². The number of nitrogens with zero attached hydrogens (tertiary/aromatic N) is 2. The van der Waals surface area contributed by atoms with Gasteiger partial charge < -0.3 is 9.88 Å². The van der Waals surface area contributed by atoms with Crippen molar-refractivity contribution in [3.63, 3.8) is 0 Å². The van der Waals surface area contributed by atoms with Gasteiger partial charge in [-0.1, -0.05) is 17.7 Å². The van der Waals surface area contributed by atoms with E-state index in [4.69, 9.17) is 0 Å². The van der Waals surface area contributed by atoms with Gasteiger partial charge in [0.15, 0.2) is 0 Å². The Morgan fingerprint density at radius 2 is 1.71 bits per heavy atom. The van der Waals surface area contributed by atoms with E-state index in [2.05, 4.69) is 16.8 Å². The first-order valence-corrected chi connectivity index (χ1v) is 11.2. The van der Waals surface area contributed by atoms with Gasteiger partial charge in [-0.15, -0.1) is 0 Å². The monoisotopic (exact) mass is 403 g/mol. The fourth-order valence-electron chi connectivity index (χ4n) is 3.88. The first kappa shape index (κ1) is 20.6. The van der Waals surface area contributed by atoms with Gasteiger partial charge in [0.25, 0.3) is 5.91 Å². The lowest BCUT2D eigenvalue weighted by Gasteiger charge is -2.31. The zero-order valence-electron chi connectivity index (χ0n) is 17.0. The third kappa shape index (κ3) is 4.00. The molecule has 152 valence electrons. The Labute approximate surface area is 167 Å². The third-order valence-corrected chi connectivity index (χ3v) is 7.50. The lowest BCUT2D eigenvalue weighted by Crippen LogP contribution is -2.46. The van der Waals surface area contributed by atoms with Crippen LogP contribution in [-0.2, 0) is 16.6 Å². The average molecular weight is 404 g/mol. The molecule has 1 amide bonds. The Bertz CT molecular complexity index is 954. The molecule has 0 spiro atoms. The summed E-state index contributed by atoms with van der Waals surface area (Å²) in [6.07, 6.45) is 1.23. The van der Waals surface area contributed by atoms with Crippen LogP contribution in [0, 0.1) is 20.8 Å². The Hall–Kier alpha value is -2.12. The zero-order valence-corrected chi connectivity index (χ0v) is 17.8. The van der Waals surface area contributed by atoms with Crippen LogP contribution < -0.4 is 5.32 Å². The molecule has 2 heterocycles. The maximum absolute atomic E-state index is 12.8. The van der Waals surface area contributed by atoms with E-state index in [1.807, 2.05) is 39.0 Å². The normalized spacial score (nSPS) is 16.3. The largest absolute Gasteiger partial charge is 0.349 e. The molecule has 0 unspecified atom stereocenters. The number of carbonyl (C=O) groups is 1. The van der Waals surface area contributed by atoms with Crippen molar-refractivity contribution < 1.29 is 13.2 Å². The predicted molar refractivity (Wildman–Crippen MR) is 110 cm³/mol. The molecule has 1 fully saturated rings. The smallest absolute Gasteiger partial charge is 0.253 e. The highest BCUT2D eigenvalue weighted by atomic mass is 32.2. The van der Waals surface area contributed by atoms with E-state index in [9.17, 15) is 13.2 Å². The highest BCUT2D eigenvalue weighted by molar-refractivity contribution is 7.89. The number of aryl methyl sites for hydroxylation is 2. The standard InChI is InChI=1S/C21H29N3O3S/c1-5-24-16(3)14-20(17(24)4)21(25)22-18-10-12-23(13-11-18)28(26,27)19-8-6-15(2)7-9-19/h6-9,14,18H,5,10-13H2,1-4H3,(H,22,25). The van der Waals surface area contributed by atoms with Crippen LogP contribution in [0.2, 0.25) is 0 Å². The molecule has 7 heteroatoms. The second-order valence-corrected chi connectivity index (χ2v) is 9.43. The number of benzene rings is 1. The molecular formula is C21H29N3O3S. The van der Waals surface area contributed by atoms with Gasteiger partial charge in [-0.05, 0) is 58.7 Å². The number of amides is 1. The van der Waals surface area contributed by atoms with Gasteiger partial charge in [0, 0.05) is 37.1 Å². The number of carbonyl (C=O) groups excluding carboxylic acids is 1. The summed E-state index contributed by atoms with van der Waals surface area (Å²) in [4.78, 5) is 13.0. The summed E-state index contributed by atoms with van der Waals surface area (Å²) >= 11 is 0. The molecule has 0 aliphatic carbocycles. The molecular weight excluding hydrogens is 374 g/mol. The van der Waals surface area contributed by atoms with Crippen molar-refractivity contribution in [1.29, 1.82) is 0 Å². The number of piperidine rings is 1. The summed E-state index contributed by atoms with van der Waals surface area (Å²) in [7, 11) is -3.48. The molecule has 0 atom stereocenters. The van der Waals surface area contributed by atoms with Crippen molar-refractivity contribution in [1.82, 2.24) is 14.2 Å². The third-order valence-electron chi connectivity index (χ3n) is 5.58. The number of aromatic nitrogens is 1. The van der Waals surface area contributed by atoms with Crippen molar-refractivity contribution in [3.05, 3.63) is 52.8 Å². The minimum atomic E-state index is -3.48. The van der Waals surface area contributed by atoms with E-state index < -0.39 is 10.0 Å². The molecule has 3 rings (SSSR count). The first-order chi connectivity index (χ1) is 13.2. The van der Waals surface area contributed by atoms with E-state index in [1.54, 1.807) is 12.1 Å². The van der Waals surface area contributed by atoms with E-state index >= 15 is 0 Å². The molecule has 1 aliphatic heterocycles. The number of hydrogen-bond donors (Lipinski definition) is 1. The molecule has 1 aromatic heterocycles. The molecule has 1 aliphatic rings. The lowest BCUT2D eigenvalue weighted by molar-refractivity contribution is 0.0923. The Morgan fingerprint density at radius 1 is 1.11 bits per heavy atom. The van der Waals surface area contributed by atoms with E-state index in [0.717, 1.165) is 23.5 Å². The summed E-state index contributed by atoms with van der Waals surface area (Å²) < 4.78 is 29.2. The number of sulfonamides is 1. The van der Waals surface area contributed by atoms with Crippen molar-refractivity contribution in [2.75, 3.05) is 13.1 Å². The van der Waals surface area contributed by atoms with Gasteiger partial charge in [0.1, 0.15) is 0 Å². The summed E-state index contributed by atoms with van der Waals surface area (Å²) in [5, 5.41) is 3.09. The number of hydrogen-bond acceptors (Lipinski definition) is 3. The van der Waals surface area contributed by atoms with Gasteiger partial charge in [0.2, 0.25) is 10.0 Å². The lowest BCUT2D eigenvalue weighted by atomic mass is 10.1.